The average molecular weight is 249 g/mol. The van der Waals surface area contributed by atoms with Crippen molar-refractivity contribution in [3.05, 3.63) is 36.4 Å². The third-order valence-corrected chi connectivity index (χ3v) is 3.10. The topological polar surface area (TPSA) is 35.3 Å². The zero-order valence-corrected chi connectivity index (χ0v) is 10.6. The highest BCUT2D eigenvalue weighted by Gasteiger charge is 2.06. The van der Waals surface area contributed by atoms with Gasteiger partial charge in [0.1, 0.15) is 12.3 Å². The predicted molar refractivity (Wildman–Crippen MR) is 70.4 cm³/mol. The van der Waals surface area contributed by atoms with Gasteiger partial charge in [-0.2, -0.15) is 11.8 Å². The molecule has 0 spiro atoms. The maximum absolute atomic E-state index is 5.46. The summed E-state index contributed by atoms with van der Waals surface area (Å²) in [5.41, 5.74) is 1.85. The molecule has 0 saturated heterocycles. The van der Waals surface area contributed by atoms with Gasteiger partial charge in [-0.25, -0.2) is 0 Å². The van der Waals surface area contributed by atoms with Gasteiger partial charge in [0.25, 0.3) is 0 Å². The summed E-state index contributed by atoms with van der Waals surface area (Å²) in [6.07, 6.45) is 0. The second-order valence-electron chi connectivity index (χ2n) is 3.44. The number of aromatic nitrogens is 1. The smallest absolute Gasteiger partial charge is 0.311 e. The molecule has 0 unspecified atom stereocenters. The quantitative estimate of drug-likeness (QED) is 0.734. The van der Waals surface area contributed by atoms with Crippen LogP contribution in [0.1, 0.15) is 6.92 Å². The molecular formula is C13H15NO2S. The fraction of sp³-hybridized carbons (Fsp3) is 0.308. The lowest BCUT2D eigenvalue weighted by Gasteiger charge is -1.99. The first-order chi connectivity index (χ1) is 8.40. The van der Waals surface area contributed by atoms with E-state index in [1.807, 2.05) is 48.2 Å². The van der Waals surface area contributed by atoms with E-state index in [0.29, 0.717) is 12.6 Å². The Labute approximate surface area is 105 Å². The van der Waals surface area contributed by atoms with Crippen molar-refractivity contribution in [2.45, 2.75) is 6.92 Å². The fourth-order valence-corrected chi connectivity index (χ4v) is 1.91. The first kappa shape index (κ1) is 12.0. The molecule has 2 aromatic rings. The second-order valence-corrected chi connectivity index (χ2v) is 4.84. The van der Waals surface area contributed by atoms with E-state index in [1.165, 1.54) is 0 Å². The number of hydrogen-bond acceptors (Lipinski definition) is 4. The summed E-state index contributed by atoms with van der Waals surface area (Å²) in [7, 11) is 0. The second kappa shape index (κ2) is 6.35. The van der Waals surface area contributed by atoms with Gasteiger partial charge in [0, 0.05) is 11.3 Å². The molecular weight excluding hydrogens is 234 g/mol. The van der Waals surface area contributed by atoms with Crippen LogP contribution in [0.5, 0.6) is 5.95 Å². The molecule has 1 aromatic heterocycles. The highest BCUT2D eigenvalue weighted by molar-refractivity contribution is 7.99. The molecule has 0 aliphatic rings. The van der Waals surface area contributed by atoms with Crippen LogP contribution < -0.4 is 4.74 Å². The molecule has 0 atom stereocenters. The number of nitrogens with zero attached hydrogens (tertiary/aromatic N) is 1. The van der Waals surface area contributed by atoms with Gasteiger partial charge in [0.05, 0.1) is 6.07 Å². The highest BCUT2D eigenvalue weighted by Crippen LogP contribution is 2.22. The van der Waals surface area contributed by atoms with E-state index in [2.05, 4.69) is 12.1 Å². The van der Waals surface area contributed by atoms with E-state index in [0.717, 1.165) is 22.8 Å². The molecule has 0 fully saturated rings. The van der Waals surface area contributed by atoms with Crippen LogP contribution in [-0.4, -0.2) is 23.3 Å². The first-order valence-electron chi connectivity index (χ1n) is 5.63. The summed E-state index contributed by atoms with van der Waals surface area (Å²) < 4.78 is 10.6. The van der Waals surface area contributed by atoms with Gasteiger partial charge in [-0.05, 0) is 5.75 Å². The van der Waals surface area contributed by atoms with Crippen LogP contribution in [0.2, 0.25) is 0 Å². The molecule has 0 aliphatic carbocycles. The van der Waals surface area contributed by atoms with Crippen LogP contribution in [0.4, 0.5) is 0 Å². The van der Waals surface area contributed by atoms with Crippen molar-refractivity contribution in [3.63, 3.8) is 0 Å². The Bertz CT molecular complexity index is 442. The zero-order chi connectivity index (χ0) is 11.9. The molecule has 2 rings (SSSR count). The molecule has 3 nitrogen and oxygen atoms in total. The molecule has 1 aromatic carbocycles. The number of hydrogen-bond donors (Lipinski definition) is 0. The maximum atomic E-state index is 5.46. The largest absolute Gasteiger partial charge is 0.463 e. The number of thioether (sulfide) groups is 1. The average Bonchev–Trinajstić information content (AvgIpc) is 2.85. The molecule has 0 amide bonds. The minimum Gasteiger partial charge on any atom is -0.463 e. The van der Waals surface area contributed by atoms with Gasteiger partial charge < -0.3 is 9.26 Å². The SMILES string of the molecule is CCSCCOc1cc(-c2ccccc2)no1. The number of benzene rings is 1. The Morgan fingerprint density at radius 3 is 2.88 bits per heavy atom. The normalized spacial score (nSPS) is 10.4. The van der Waals surface area contributed by atoms with Crippen molar-refractivity contribution >= 4 is 11.8 Å². The zero-order valence-electron chi connectivity index (χ0n) is 9.76. The molecule has 0 N–H and O–H groups in total. The summed E-state index contributed by atoms with van der Waals surface area (Å²) in [5, 5.41) is 3.98. The number of ether oxygens (including phenoxy) is 1. The van der Waals surface area contributed by atoms with Gasteiger partial charge in [-0.15, -0.1) is 0 Å². The van der Waals surface area contributed by atoms with Crippen LogP contribution in [-0.2, 0) is 0 Å². The molecule has 0 aliphatic heterocycles. The highest BCUT2D eigenvalue weighted by atomic mass is 32.2. The lowest BCUT2D eigenvalue weighted by Crippen LogP contribution is -1.99. The van der Waals surface area contributed by atoms with Crippen LogP contribution >= 0.6 is 11.8 Å². The van der Waals surface area contributed by atoms with Crippen molar-refractivity contribution in [3.8, 4) is 17.2 Å². The van der Waals surface area contributed by atoms with Crippen molar-refractivity contribution in [2.75, 3.05) is 18.1 Å². The molecule has 90 valence electrons. The third kappa shape index (κ3) is 3.53. The first-order valence-corrected chi connectivity index (χ1v) is 6.78. The third-order valence-electron chi connectivity index (χ3n) is 2.23. The Kier molecular flexibility index (Phi) is 4.50. The lowest BCUT2D eigenvalue weighted by molar-refractivity contribution is 0.228. The standard InChI is InChI=1S/C13H15NO2S/c1-2-17-9-8-15-13-10-12(14-16-13)11-6-4-3-5-7-11/h3-7,10H,2,8-9H2,1H3. The van der Waals surface area contributed by atoms with E-state index >= 15 is 0 Å². The minimum absolute atomic E-state index is 0.487. The van der Waals surface area contributed by atoms with E-state index in [-0.39, 0.29) is 0 Å². The minimum atomic E-state index is 0.487. The van der Waals surface area contributed by atoms with Crippen LogP contribution in [0.3, 0.4) is 0 Å². The summed E-state index contributed by atoms with van der Waals surface area (Å²) in [6, 6.07) is 11.7. The molecule has 4 heteroatoms. The van der Waals surface area contributed by atoms with Crippen LogP contribution in [0.25, 0.3) is 11.3 Å². The predicted octanol–water partition coefficient (Wildman–Crippen LogP) is 3.47. The van der Waals surface area contributed by atoms with Crippen molar-refractivity contribution in [2.24, 2.45) is 0 Å². The van der Waals surface area contributed by atoms with Gasteiger partial charge in [-0.1, -0.05) is 42.4 Å². The van der Waals surface area contributed by atoms with Gasteiger partial charge in [0.15, 0.2) is 0 Å². The van der Waals surface area contributed by atoms with Crippen molar-refractivity contribution < 1.29 is 9.26 Å². The molecule has 0 saturated carbocycles. The van der Waals surface area contributed by atoms with Gasteiger partial charge in [-0.3, -0.25) is 0 Å². The van der Waals surface area contributed by atoms with E-state index in [9.17, 15) is 0 Å². The summed E-state index contributed by atoms with van der Waals surface area (Å²) in [5.74, 6) is 2.56. The van der Waals surface area contributed by atoms with Crippen molar-refractivity contribution in [1.82, 2.24) is 5.16 Å². The van der Waals surface area contributed by atoms with Gasteiger partial charge >= 0.3 is 5.95 Å². The van der Waals surface area contributed by atoms with E-state index in [4.69, 9.17) is 9.26 Å². The lowest BCUT2D eigenvalue weighted by atomic mass is 10.2. The Morgan fingerprint density at radius 2 is 2.12 bits per heavy atom. The monoisotopic (exact) mass is 249 g/mol. The molecule has 0 bridgehead atoms. The van der Waals surface area contributed by atoms with E-state index in [1.54, 1.807) is 0 Å². The number of rotatable bonds is 6. The Morgan fingerprint density at radius 1 is 1.29 bits per heavy atom. The molecule has 17 heavy (non-hydrogen) atoms. The maximum Gasteiger partial charge on any atom is 0.311 e. The summed E-state index contributed by atoms with van der Waals surface area (Å²) in [4.78, 5) is 0. The van der Waals surface area contributed by atoms with Gasteiger partial charge in [0.2, 0.25) is 0 Å². The van der Waals surface area contributed by atoms with Crippen LogP contribution in [0, 0.1) is 0 Å². The van der Waals surface area contributed by atoms with E-state index < -0.39 is 0 Å². The summed E-state index contributed by atoms with van der Waals surface area (Å²) >= 11 is 1.84. The molecule has 0 radical (unpaired) electrons. The Hall–Kier alpha value is -1.42. The summed E-state index contributed by atoms with van der Waals surface area (Å²) in [6.45, 7) is 2.79. The fourth-order valence-electron chi connectivity index (χ4n) is 1.42. The molecule has 1 heterocycles. The van der Waals surface area contributed by atoms with Crippen molar-refractivity contribution in [1.29, 1.82) is 0 Å². The Balaban J connectivity index is 1.92. The van der Waals surface area contributed by atoms with Crippen LogP contribution in [0.15, 0.2) is 40.9 Å².